The van der Waals surface area contributed by atoms with Crippen LogP contribution in [0.4, 0.5) is 0 Å². The largest absolute Gasteiger partial charge is 0.301 e. The summed E-state index contributed by atoms with van der Waals surface area (Å²) in [5.74, 6) is 1.75. The van der Waals surface area contributed by atoms with E-state index in [9.17, 15) is 4.79 Å². The summed E-state index contributed by atoms with van der Waals surface area (Å²) in [4.78, 5) is 18.7. The van der Waals surface area contributed by atoms with Gasteiger partial charge >= 0.3 is 0 Å². The van der Waals surface area contributed by atoms with Gasteiger partial charge in [-0.15, -0.1) is 11.6 Å². The Morgan fingerprint density at radius 3 is 2.83 bits per heavy atom. The standard InChI is InChI=1S/C13H21ClN2OS/c1-2-7-11-10-12(17)16-13(15-11)18-9-6-4-3-5-8-14/h10H,2-9H2,1H3,(H,15,16,17). The highest BCUT2D eigenvalue weighted by Crippen LogP contribution is 2.15. The number of thioether (sulfide) groups is 1. The molecule has 0 aliphatic heterocycles. The van der Waals surface area contributed by atoms with Crippen LogP contribution in [0, 0.1) is 0 Å². The van der Waals surface area contributed by atoms with Crippen molar-refractivity contribution in [3.63, 3.8) is 0 Å². The molecule has 1 rings (SSSR count). The van der Waals surface area contributed by atoms with Crippen molar-refractivity contribution in [1.82, 2.24) is 9.97 Å². The van der Waals surface area contributed by atoms with Crippen molar-refractivity contribution in [2.45, 2.75) is 50.6 Å². The van der Waals surface area contributed by atoms with Crippen molar-refractivity contribution in [2.75, 3.05) is 11.6 Å². The second-order valence-electron chi connectivity index (χ2n) is 4.24. The molecule has 3 nitrogen and oxygen atoms in total. The van der Waals surface area contributed by atoms with Gasteiger partial charge in [-0.25, -0.2) is 4.98 Å². The van der Waals surface area contributed by atoms with Crippen molar-refractivity contribution in [3.8, 4) is 0 Å². The molecule has 0 aliphatic rings. The van der Waals surface area contributed by atoms with Crippen molar-refractivity contribution in [1.29, 1.82) is 0 Å². The molecule has 0 bridgehead atoms. The van der Waals surface area contributed by atoms with E-state index >= 15 is 0 Å². The van der Waals surface area contributed by atoms with Crippen LogP contribution in [0.1, 0.15) is 44.7 Å². The van der Waals surface area contributed by atoms with Crippen molar-refractivity contribution >= 4 is 23.4 Å². The lowest BCUT2D eigenvalue weighted by molar-refractivity contribution is 0.708. The summed E-state index contributed by atoms with van der Waals surface area (Å²) in [5, 5.41) is 0.753. The maximum Gasteiger partial charge on any atom is 0.251 e. The topological polar surface area (TPSA) is 45.8 Å². The number of hydrogen-bond donors (Lipinski definition) is 1. The van der Waals surface area contributed by atoms with Gasteiger partial charge in [0.2, 0.25) is 0 Å². The monoisotopic (exact) mass is 288 g/mol. The summed E-state index contributed by atoms with van der Waals surface area (Å²) in [5.41, 5.74) is 0.851. The Morgan fingerprint density at radius 2 is 2.11 bits per heavy atom. The van der Waals surface area contributed by atoms with Crippen LogP contribution in [0.25, 0.3) is 0 Å². The van der Waals surface area contributed by atoms with E-state index in [0.29, 0.717) is 0 Å². The van der Waals surface area contributed by atoms with Gasteiger partial charge in [-0.1, -0.05) is 37.9 Å². The average Bonchev–Trinajstić information content (AvgIpc) is 2.33. The van der Waals surface area contributed by atoms with E-state index in [-0.39, 0.29) is 5.56 Å². The molecule has 102 valence electrons. The van der Waals surface area contributed by atoms with E-state index in [2.05, 4.69) is 16.9 Å². The smallest absolute Gasteiger partial charge is 0.251 e. The Labute approximate surface area is 118 Å². The first kappa shape index (κ1) is 15.6. The zero-order chi connectivity index (χ0) is 13.2. The van der Waals surface area contributed by atoms with Gasteiger partial charge in [-0.2, -0.15) is 0 Å². The Balaban J connectivity index is 2.35. The maximum absolute atomic E-state index is 11.4. The molecule has 0 amide bonds. The fourth-order valence-electron chi connectivity index (χ4n) is 1.65. The zero-order valence-corrected chi connectivity index (χ0v) is 12.4. The van der Waals surface area contributed by atoms with E-state index in [1.165, 1.54) is 12.8 Å². The number of unbranched alkanes of at least 4 members (excludes halogenated alkanes) is 3. The summed E-state index contributed by atoms with van der Waals surface area (Å²) < 4.78 is 0. The van der Waals surface area contributed by atoms with E-state index < -0.39 is 0 Å². The van der Waals surface area contributed by atoms with Crippen LogP contribution in [0.3, 0.4) is 0 Å². The van der Waals surface area contributed by atoms with E-state index in [1.54, 1.807) is 17.8 Å². The van der Waals surface area contributed by atoms with Crippen LogP contribution in [-0.2, 0) is 6.42 Å². The van der Waals surface area contributed by atoms with Crippen molar-refractivity contribution in [2.24, 2.45) is 0 Å². The van der Waals surface area contributed by atoms with Gasteiger partial charge in [0.25, 0.3) is 5.56 Å². The third kappa shape index (κ3) is 6.45. The van der Waals surface area contributed by atoms with Crippen LogP contribution in [0.15, 0.2) is 16.0 Å². The quantitative estimate of drug-likeness (QED) is 0.327. The summed E-state index contributed by atoms with van der Waals surface area (Å²) in [6, 6.07) is 1.59. The van der Waals surface area contributed by atoms with Gasteiger partial charge in [-0.3, -0.25) is 4.79 Å². The molecule has 1 N–H and O–H groups in total. The van der Waals surface area contributed by atoms with E-state index in [4.69, 9.17) is 11.6 Å². The van der Waals surface area contributed by atoms with Gasteiger partial charge in [-0.05, 0) is 19.3 Å². The predicted octanol–water partition coefficient (Wildman–Crippen LogP) is 3.61. The number of halogens is 1. The predicted molar refractivity (Wildman–Crippen MR) is 78.8 cm³/mol. The molecule has 0 aliphatic carbocycles. The molecule has 0 atom stereocenters. The number of aromatic amines is 1. The molecule has 0 saturated carbocycles. The van der Waals surface area contributed by atoms with Gasteiger partial charge in [0.05, 0.1) is 0 Å². The number of nitrogens with one attached hydrogen (secondary N) is 1. The number of alkyl halides is 1. The molecule has 0 aromatic carbocycles. The SMILES string of the molecule is CCCc1cc(=O)[nH]c(SCCCCCCCl)n1. The first-order chi connectivity index (χ1) is 8.76. The molecule has 0 unspecified atom stereocenters. The summed E-state index contributed by atoms with van der Waals surface area (Å²) in [6.45, 7) is 2.09. The molecule has 0 saturated heterocycles. The zero-order valence-electron chi connectivity index (χ0n) is 10.9. The maximum atomic E-state index is 11.4. The molecule has 1 aromatic rings. The fraction of sp³-hybridized carbons (Fsp3) is 0.692. The fourth-order valence-corrected chi connectivity index (χ4v) is 2.74. The van der Waals surface area contributed by atoms with Crippen molar-refractivity contribution < 1.29 is 0 Å². The highest BCUT2D eigenvalue weighted by molar-refractivity contribution is 7.99. The summed E-state index contributed by atoms with van der Waals surface area (Å²) >= 11 is 7.25. The molecule has 0 spiro atoms. The Bertz CT molecular complexity index is 395. The second-order valence-corrected chi connectivity index (χ2v) is 5.71. The van der Waals surface area contributed by atoms with Crippen LogP contribution in [-0.4, -0.2) is 21.6 Å². The lowest BCUT2D eigenvalue weighted by atomic mass is 10.2. The number of nitrogens with zero attached hydrogens (tertiary/aromatic N) is 1. The minimum Gasteiger partial charge on any atom is -0.301 e. The highest BCUT2D eigenvalue weighted by atomic mass is 35.5. The van der Waals surface area contributed by atoms with Crippen LogP contribution in [0.5, 0.6) is 0 Å². The summed E-state index contributed by atoms with van der Waals surface area (Å²) in [6.07, 6.45) is 6.49. The van der Waals surface area contributed by atoms with Crippen LogP contribution >= 0.6 is 23.4 Å². The number of aryl methyl sites for hydroxylation is 1. The normalized spacial score (nSPS) is 10.8. The lowest BCUT2D eigenvalue weighted by Gasteiger charge is -2.03. The molecule has 1 aromatic heterocycles. The molecular formula is C13H21ClN2OS. The molecule has 5 heteroatoms. The minimum absolute atomic E-state index is 0.0434. The van der Waals surface area contributed by atoms with E-state index in [0.717, 1.165) is 48.2 Å². The Morgan fingerprint density at radius 1 is 1.33 bits per heavy atom. The van der Waals surface area contributed by atoms with Gasteiger partial charge in [0.1, 0.15) is 0 Å². The van der Waals surface area contributed by atoms with Crippen LogP contribution in [0.2, 0.25) is 0 Å². The Kier molecular flexibility index (Phi) is 8.18. The van der Waals surface area contributed by atoms with Gasteiger partial charge in [0.15, 0.2) is 5.16 Å². The number of H-pyrrole nitrogens is 1. The lowest BCUT2D eigenvalue weighted by Crippen LogP contribution is -2.10. The van der Waals surface area contributed by atoms with Crippen LogP contribution < -0.4 is 5.56 Å². The van der Waals surface area contributed by atoms with Gasteiger partial charge in [0, 0.05) is 23.4 Å². The minimum atomic E-state index is -0.0434. The highest BCUT2D eigenvalue weighted by Gasteiger charge is 2.01. The third-order valence-corrected chi connectivity index (χ3v) is 3.77. The molecule has 0 fully saturated rings. The average molecular weight is 289 g/mol. The second kappa shape index (κ2) is 9.45. The summed E-state index contributed by atoms with van der Waals surface area (Å²) in [7, 11) is 0. The number of aromatic nitrogens is 2. The molecule has 1 heterocycles. The molecule has 18 heavy (non-hydrogen) atoms. The number of hydrogen-bond acceptors (Lipinski definition) is 3. The van der Waals surface area contributed by atoms with Gasteiger partial charge < -0.3 is 4.98 Å². The Hall–Kier alpha value is -0.480. The number of rotatable bonds is 9. The first-order valence-corrected chi connectivity index (χ1v) is 8.07. The molecular weight excluding hydrogens is 268 g/mol. The molecule has 0 radical (unpaired) electrons. The van der Waals surface area contributed by atoms with Crippen molar-refractivity contribution in [3.05, 3.63) is 22.1 Å². The van der Waals surface area contributed by atoms with E-state index in [1.807, 2.05) is 0 Å². The third-order valence-electron chi connectivity index (χ3n) is 2.55. The first-order valence-electron chi connectivity index (χ1n) is 6.55.